The molecule has 1 fully saturated rings. The standard InChI is InChI=1S/C34H44N6O5/c1-7-22(2)9-8-10-30(42)45-31-24(4)17-26(18-25(31)5)20-44-34(43)40-16-13-27-32(36-21-37-33(27)40)38(6)28-19-39(15-12-23(28)3)29(41)11-14-35/h13,16-18,21-23,28H,7-12,15,19-20H2,1-6H3/t22?,23-,28+/m1/s1. The molecule has 4 rings (SSSR count). The van der Waals surface area contributed by atoms with Crippen molar-refractivity contribution in [2.24, 2.45) is 11.8 Å². The molecule has 0 radical (unpaired) electrons. The average molecular weight is 617 g/mol. The number of nitriles is 1. The first-order valence-electron chi connectivity index (χ1n) is 15.7. The predicted molar refractivity (Wildman–Crippen MR) is 171 cm³/mol. The van der Waals surface area contributed by atoms with E-state index in [-0.39, 0.29) is 36.9 Å². The summed E-state index contributed by atoms with van der Waals surface area (Å²) in [5.41, 5.74) is 2.80. The molecular formula is C34H44N6O5. The molecule has 45 heavy (non-hydrogen) atoms. The molecule has 1 aromatic carbocycles. The summed E-state index contributed by atoms with van der Waals surface area (Å²) in [6.07, 6.45) is 6.42. The third-order valence-corrected chi connectivity index (χ3v) is 8.86. The lowest BCUT2D eigenvalue weighted by molar-refractivity contribution is -0.134. The van der Waals surface area contributed by atoms with Crippen LogP contribution in [0.3, 0.4) is 0 Å². The minimum atomic E-state index is -0.580. The number of fused-ring (bicyclic) bond motifs is 1. The van der Waals surface area contributed by atoms with Crippen molar-refractivity contribution in [1.29, 1.82) is 5.26 Å². The lowest BCUT2D eigenvalue weighted by Crippen LogP contribution is -2.52. The van der Waals surface area contributed by atoms with Crippen molar-refractivity contribution in [2.75, 3.05) is 25.0 Å². The number of hydrogen-bond donors (Lipinski definition) is 0. The van der Waals surface area contributed by atoms with Crippen LogP contribution in [0.2, 0.25) is 0 Å². The molecule has 0 bridgehead atoms. The summed E-state index contributed by atoms with van der Waals surface area (Å²) in [6.45, 7) is 11.4. The van der Waals surface area contributed by atoms with Gasteiger partial charge in [0.05, 0.1) is 17.5 Å². The number of aromatic nitrogens is 3. The van der Waals surface area contributed by atoms with Gasteiger partial charge in [-0.05, 0) is 73.4 Å². The van der Waals surface area contributed by atoms with E-state index in [1.807, 2.05) is 44.0 Å². The Morgan fingerprint density at radius 1 is 1.20 bits per heavy atom. The molecule has 11 heteroatoms. The van der Waals surface area contributed by atoms with Crippen LogP contribution in [0.4, 0.5) is 10.6 Å². The highest BCUT2D eigenvalue weighted by Gasteiger charge is 2.33. The maximum atomic E-state index is 13.2. The zero-order chi connectivity index (χ0) is 32.7. The van der Waals surface area contributed by atoms with Crippen molar-refractivity contribution in [1.82, 2.24) is 19.4 Å². The van der Waals surface area contributed by atoms with E-state index in [1.165, 1.54) is 10.9 Å². The number of ether oxygens (including phenoxy) is 2. The van der Waals surface area contributed by atoms with E-state index in [2.05, 4.69) is 30.7 Å². The summed E-state index contributed by atoms with van der Waals surface area (Å²) in [7, 11) is 1.93. The first-order valence-corrected chi connectivity index (χ1v) is 15.7. The Hall–Kier alpha value is -4.46. The molecule has 0 N–H and O–H groups in total. The molecule has 11 nitrogen and oxygen atoms in total. The van der Waals surface area contributed by atoms with Gasteiger partial charge in [0.25, 0.3) is 0 Å². The Balaban J connectivity index is 1.42. The monoisotopic (exact) mass is 616 g/mol. The summed E-state index contributed by atoms with van der Waals surface area (Å²) in [5, 5.41) is 9.65. The number of likely N-dealkylation sites (tertiary alicyclic amines) is 1. The van der Waals surface area contributed by atoms with Gasteiger partial charge in [-0.3, -0.25) is 9.59 Å². The number of carbonyl (C=O) groups excluding carboxylic acids is 3. The molecule has 1 unspecified atom stereocenters. The molecule has 1 aliphatic heterocycles. The second kappa shape index (κ2) is 15.0. The predicted octanol–water partition coefficient (Wildman–Crippen LogP) is 5.94. The fourth-order valence-electron chi connectivity index (χ4n) is 5.95. The minimum Gasteiger partial charge on any atom is -0.444 e. The van der Waals surface area contributed by atoms with Crippen LogP contribution in [0.25, 0.3) is 11.0 Å². The van der Waals surface area contributed by atoms with E-state index in [0.717, 1.165) is 42.4 Å². The van der Waals surface area contributed by atoms with Crippen LogP contribution in [-0.4, -0.2) is 63.6 Å². The molecular weight excluding hydrogens is 572 g/mol. The van der Waals surface area contributed by atoms with E-state index in [1.54, 1.807) is 17.2 Å². The van der Waals surface area contributed by atoms with Crippen molar-refractivity contribution in [3.8, 4) is 11.8 Å². The first-order chi connectivity index (χ1) is 21.5. The molecule has 1 amide bonds. The van der Waals surface area contributed by atoms with E-state index in [4.69, 9.17) is 14.7 Å². The van der Waals surface area contributed by atoms with Gasteiger partial charge < -0.3 is 19.3 Å². The zero-order valence-corrected chi connectivity index (χ0v) is 27.2. The number of benzene rings is 1. The molecule has 0 aliphatic carbocycles. The molecule has 2 aromatic heterocycles. The van der Waals surface area contributed by atoms with Gasteiger partial charge in [-0.15, -0.1) is 0 Å². The number of rotatable bonds is 11. The number of piperidine rings is 1. The second-order valence-corrected chi connectivity index (χ2v) is 12.2. The molecule has 3 atom stereocenters. The number of nitrogens with zero attached hydrogens (tertiary/aromatic N) is 6. The van der Waals surface area contributed by atoms with Crippen LogP contribution in [0.5, 0.6) is 5.75 Å². The third kappa shape index (κ3) is 7.98. The van der Waals surface area contributed by atoms with Crippen LogP contribution in [0.15, 0.2) is 30.7 Å². The average Bonchev–Trinajstić information content (AvgIpc) is 3.46. The van der Waals surface area contributed by atoms with Crippen molar-refractivity contribution >= 4 is 34.8 Å². The van der Waals surface area contributed by atoms with Gasteiger partial charge in [0, 0.05) is 32.8 Å². The third-order valence-electron chi connectivity index (χ3n) is 8.86. The van der Waals surface area contributed by atoms with Crippen LogP contribution < -0.4 is 9.64 Å². The zero-order valence-electron chi connectivity index (χ0n) is 27.2. The minimum absolute atomic E-state index is 0.0201. The Morgan fingerprint density at radius 2 is 1.93 bits per heavy atom. The molecule has 1 aliphatic rings. The van der Waals surface area contributed by atoms with Crippen molar-refractivity contribution in [3.05, 3.63) is 47.4 Å². The Labute approximate surface area is 265 Å². The number of anilines is 1. The summed E-state index contributed by atoms with van der Waals surface area (Å²) in [4.78, 5) is 50.7. The van der Waals surface area contributed by atoms with Crippen LogP contribution in [0, 0.1) is 37.0 Å². The fraction of sp³-hybridized carbons (Fsp3) is 0.529. The number of aryl methyl sites for hydroxylation is 2. The van der Waals surface area contributed by atoms with Crippen LogP contribution in [0.1, 0.15) is 76.0 Å². The van der Waals surface area contributed by atoms with E-state index < -0.39 is 6.09 Å². The summed E-state index contributed by atoms with van der Waals surface area (Å²) < 4.78 is 12.7. The Kier molecular flexibility index (Phi) is 11.2. The largest absolute Gasteiger partial charge is 0.444 e. The lowest BCUT2D eigenvalue weighted by atomic mass is 9.92. The number of carbonyl (C=O) groups is 3. The van der Waals surface area contributed by atoms with Crippen molar-refractivity contribution < 1.29 is 23.9 Å². The lowest BCUT2D eigenvalue weighted by Gasteiger charge is -2.42. The highest BCUT2D eigenvalue weighted by molar-refractivity contribution is 5.93. The SMILES string of the molecule is CCC(C)CCCC(=O)Oc1c(C)cc(COC(=O)n2ccc3c(N(C)[C@H]4CN(C(=O)CC#N)CC[C@H]4C)ncnc32)cc1C. The highest BCUT2D eigenvalue weighted by Crippen LogP contribution is 2.30. The van der Waals surface area contributed by atoms with E-state index in [0.29, 0.717) is 48.0 Å². The fourth-order valence-corrected chi connectivity index (χ4v) is 5.95. The van der Waals surface area contributed by atoms with Crippen LogP contribution >= 0.6 is 0 Å². The molecule has 240 valence electrons. The summed E-state index contributed by atoms with van der Waals surface area (Å²) in [5.74, 6) is 1.67. The van der Waals surface area contributed by atoms with Gasteiger partial charge >= 0.3 is 12.1 Å². The molecule has 0 saturated carbocycles. The topological polar surface area (TPSA) is 131 Å². The van der Waals surface area contributed by atoms with Gasteiger partial charge in [0.15, 0.2) is 5.65 Å². The second-order valence-electron chi connectivity index (χ2n) is 12.2. The maximum absolute atomic E-state index is 13.2. The van der Waals surface area contributed by atoms with Crippen molar-refractivity contribution in [2.45, 2.75) is 85.8 Å². The number of amides is 1. The number of likely N-dealkylation sites (N-methyl/N-ethyl adjacent to an activating group) is 1. The highest BCUT2D eigenvalue weighted by atomic mass is 16.5. The Morgan fingerprint density at radius 3 is 2.62 bits per heavy atom. The van der Waals surface area contributed by atoms with Crippen LogP contribution in [-0.2, 0) is 20.9 Å². The summed E-state index contributed by atoms with van der Waals surface area (Å²) >= 11 is 0. The molecule has 1 saturated heterocycles. The van der Waals surface area contributed by atoms with Gasteiger partial charge in [-0.25, -0.2) is 19.3 Å². The maximum Gasteiger partial charge on any atom is 0.420 e. The number of esters is 1. The van der Waals surface area contributed by atoms with E-state index >= 15 is 0 Å². The van der Waals surface area contributed by atoms with Gasteiger partial charge in [0.2, 0.25) is 5.91 Å². The quantitative estimate of drug-likeness (QED) is 0.190. The molecule has 0 spiro atoms. The normalized spacial score (nSPS) is 17.0. The molecule has 3 aromatic rings. The smallest absolute Gasteiger partial charge is 0.420 e. The molecule has 3 heterocycles. The Bertz CT molecular complexity index is 1550. The summed E-state index contributed by atoms with van der Waals surface area (Å²) in [6, 6.07) is 7.44. The van der Waals surface area contributed by atoms with E-state index in [9.17, 15) is 14.4 Å². The first kappa shape index (κ1) is 33.4. The van der Waals surface area contributed by atoms with Gasteiger partial charge in [0.1, 0.15) is 30.9 Å². The van der Waals surface area contributed by atoms with Crippen molar-refractivity contribution in [3.63, 3.8) is 0 Å². The van der Waals surface area contributed by atoms with Gasteiger partial charge in [-0.2, -0.15) is 5.26 Å². The van der Waals surface area contributed by atoms with Gasteiger partial charge in [-0.1, -0.05) is 33.6 Å². The number of hydrogen-bond acceptors (Lipinski definition) is 9.